The maximum Gasteiger partial charge on any atom is 0.133 e. The third-order valence-corrected chi connectivity index (χ3v) is 3.86. The number of rotatable bonds is 14. The van der Waals surface area contributed by atoms with Crippen molar-refractivity contribution in [2.75, 3.05) is 0 Å². The molecule has 0 aromatic carbocycles. The molecule has 4 heteroatoms. The fourth-order valence-corrected chi connectivity index (χ4v) is 2.39. The van der Waals surface area contributed by atoms with Gasteiger partial charge in [-0.15, -0.1) is 0 Å². The third-order valence-electron chi connectivity index (χ3n) is 3.86. The standard InChI is InChI=1S/C18H30O4/c1-4-6-17(21)11-12-18(22)10-9-15(8-7-14(3)19)13-16(20)5-2/h15H,4-13H2,1-3H3. The highest BCUT2D eigenvalue weighted by Crippen LogP contribution is 2.20. The molecular weight excluding hydrogens is 280 g/mol. The van der Waals surface area contributed by atoms with Gasteiger partial charge in [0.25, 0.3) is 0 Å². The first-order chi connectivity index (χ1) is 10.4. The van der Waals surface area contributed by atoms with E-state index in [1.807, 2.05) is 13.8 Å². The van der Waals surface area contributed by atoms with Gasteiger partial charge in [0.05, 0.1) is 0 Å². The molecule has 0 radical (unpaired) electrons. The summed E-state index contributed by atoms with van der Waals surface area (Å²) in [6.07, 6.45) is 5.12. The van der Waals surface area contributed by atoms with Crippen LogP contribution in [0.1, 0.15) is 85.0 Å². The highest BCUT2D eigenvalue weighted by atomic mass is 16.1. The Balaban J connectivity index is 4.18. The predicted octanol–water partition coefficient (Wildman–Crippen LogP) is 3.84. The SMILES string of the molecule is CCCC(=O)CCC(=O)CCC(CCC(C)=O)CC(=O)CC. The van der Waals surface area contributed by atoms with Crippen LogP contribution in [0.3, 0.4) is 0 Å². The smallest absolute Gasteiger partial charge is 0.133 e. The summed E-state index contributed by atoms with van der Waals surface area (Å²) in [6.45, 7) is 5.32. The van der Waals surface area contributed by atoms with Crippen molar-refractivity contribution in [2.24, 2.45) is 5.92 Å². The molecular formula is C18H30O4. The molecule has 0 aliphatic rings. The van der Waals surface area contributed by atoms with Crippen LogP contribution in [-0.4, -0.2) is 23.1 Å². The van der Waals surface area contributed by atoms with Crippen molar-refractivity contribution >= 4 is 23.1 Å². The van der Waals surface area contributed by atoms with Crippen LogP contribution < -0.4 is 0 Å². The summed E-state index contributed by atoms with van der Waals surface area (Å²) in [5.74, 6) is 0.627. The highest BCUT2D eigenvalue weighted by Gasteiger charge is 2.16. The maximum absolute atomic E-state index is 11.8. The average Bonchev–Trinajstić information content (AvgIpc) is 2.47. The minimum Gasteiger partial charge on any atom is -0.300 e. The monoisotopic (exact) mass is 310 g/mol. The molecule has 0 aromatic heterocycles. The number of hydrogen-bond donors (Lipinski definition) is 0. The van der Waals surface area contributed by atoms with Crippen LogP contribution in [0.5, 0.6) is 0 Å². The van der Waals surface area contributed by atoms with Gasteiger partial charge in [-0.05, 0) is 32.1 Å². The molecule has 4 nitrogen and oxygen atoms in total. The molecule has 22 heavy (non-hydrogen) atoms. The molecule has 0 N–H and O–H groups in total. The van der Waals surface area contributed by atoms with Gasteiger partial charge < -0.3 is 4.79 Å². The van der Waals surface area contributed by atoms with Crippen LogP contribution in [0.2, 0.25) is 0 Å². The lowest BCUT2D eigenvalue weighted by molar-refractivity contribution is -0.124. The Kier molecular flexibility index (Phi) is 11.5. The van der Waals surface area contributed by atoms with Gasteiger partial charge in [-0.2, -0.15) is 0 Å². The molecule has 0 aromatic rings. The quantitative estimate of drug-likeness (QED) is 0.489. The van der Waals surface area contributed by atoms with Crippen LogP contribution in [0.15, 0.2) is 0 Å². The first kappa shape index (κ1) is 20.7. The Morgan fingerprint density at radius 2 is 1.27 bits per heavy atom. The van der Waals surface area contributed by atoms with Crippen LogP contribution >= 0.6 is 0 Å². The van der Waals surface area contributed by atoms with Crippen molar-refractivity contribution < 1.29 is 19.2 Å². The van der Waals surface area contributed by atoms with Gasteiger partial charge >= 0.3 is 0 Å². The normalized spacial score (nSPS) is 12.0. The van der Waals surface area contributed by atoms with Crippen LogP contribution in [0.25, 0.3) is 0 Å². The molecule has 0 aliphatic carbocycles. The Morgan fingerprint density at radius 3 is 1.77 bits per heavy atom. The van der Waals surface area contributed by atoms with Crippen molar-refractivity contribution in [3.8, 4) is 0 Å². The van der Waals surface area contributed by atoms with Gasteiger partial charge in [0, 0.05) is 44.9 Å². The highest BCUT2D eigenvalue weighted by molar-refractivity contribution is 5.86. The minimum absolute atomic E-state index is 0.0845. The third kappa shape index (κ3) is 11.4. The Hall–Kier alpha value is -1.32. The van der Waals surface area contributed by atoms with E-state index in [0.717, 1.165) is 6.42 Å². The molecule has 0 heterocycles. The van der Waals surface area contributed by atoms with Crippen LogP contribution in [-0.2, 0) is 19.2 Å². The Morgan fingerprint density at radius 1 is 0.727 bits per heavy atom. The average molecular weight is 310 g/mol. The van der Waals surface area contributed by atoms with E-state index in [9.17, 15) is 19.2 Å². The summed E-state index contributed by atoms with van der Waals surface area (Å²) in [5.41, 5.74) is 0. The second-order valence-electron chi connectivity index (χ2n) is 6.07. The van der Waals surface area contributed by atoms with E-state index < -0.39 is 0 Å². The predicted molar refractivity (Wildman–Crippen MR) is 86.7 cm³/mol. The van der Waals surface area contributed by atoms with E-state index in [4.69, 9.17) is 0 Å². The van der Waals surface area contributed by atoms with E-state index in [2.05, 4.69) is 0 Å². The lowest BCUT2D eigenvalue weighted by Crippen LogP contribution is -2.12. The maximum atomic E-state index is 11.8. The lowest BCUT2D eigenvalue weighted by Gasteiger charge is -2.14. The lowest BCUT2D eigenvalue weighted by atomic mass is 9.89. The zero-order valence-corrected chi connectivity index (χ0v) is 14.3. The molecule has 0 bridgehead atoms. The van der Waals surface area contributed by atoms with E-state index in [-0.39, 0.29) is 29.1 Å². The second-order valence-corrected chi connectivity index (χ2v) is 6.07. The molecule has 0 saturated carbocycles. The number of ketones is 4. The van der Waals surface area contributed by atoms with E-state index >= 15 is 0 Å². The van der Waals surface area contributed by atoms with Crippen molar-refractivity contribution in [3.63, 3.8) is 0 Å². The van der Waals surface area contributed by atoms with Gasteiger partial charge in [0.1, 0.15) is 23.1 Å². The summed E-state index contributed by atoms with van der Waals surface area (Å²) in [5, 5.41) is 0. The molecule has 126 valence electrons. The largest absolute Gasteiger partial charge is 0.300 e. The second kappa shape index (κ2) is 12.2. The molecule has 1 unspecified atom stereocenters. The Labute approximate surface area is 134 Å². The van der Waals surface area contributed by atoms with Gasteiger partial charge in [0.2, 0.25) is 0 Å². The molecule has 0 amide bonds. The summed E-state index contributed by atoms with van der Waals surface area (Å²) in [7, 11) is 0. The molecule has 0 aliphatic heterocycles. The van der Waals surface area contributed by atoms with E-state index in [1.165, 1.54) is 0 Å². The molecule has 0 spiro atoms. The van der Waals surface area contributed by atoms with Gasteiger partial charge in [-0.25, -0.2) is 0 Å². The topological polar surface area (TPSA) is 68.3 Å². The molecule has 1 atom stereocenters. The first-order valence-corrected chi connectivity index (χ1v) is 8.43. The van der Waals surface area contributed by atoms with E-state index in [1.54, 1.807) is 6.92 Å². The Bertz CT molecular complexity index is 385. The van der Waals surface area contributed by atoms with Crippen LogP contribution in [0, 0.1) is 5.92 Å². The molecule has 0 rings (SSSR count). The minimum atomic E-state index is 0.0845. The zero-order valence-electron chi connectivity index (χ0n) is 14.3. The summed E-state index contributed by atoms with van der Waals surface area (Å²) in [6, 6.07) is 0. The zero-order chi connectivity index (χ0) is 17.0. The van der Waals surface area contributed by atoms with Gasteiger partial charge in [-0.3, -0.25) is 14.4 Å². The van der Waals surface area contributed by atoms with Gasteiger partial charge in [0.15, 0.2) is 0 Å². The number of hydrogen-bond acceptors (Lipinski definition) is 4. The van der Waals surface area contributed by atoms with Crippen LogP contribution in [0.4, 0.5) is 0 Å². The molecule has 0 fully saturated rings. The van der Waals surface area contributed by atoms with Gasteiger partial charge in [-0.1, -0.05) is 13.8 Å². The summed E-state index contributed by atoms with van der Waals surface area (Å²) < 4.78 is 0. The van der Waals surface area contributed by atoms with E-state index in [0.29, 0.717) is 57.8 Å². The number of Topliss-reactive ketones (excluding diaryl/α,β-unsaturated/α-hetero) is 4. The van der Waals surface area contributed by atoms with Crippen molar-refractivity contribution in [1.29, 1.82) is 0 Å². The van der Waals surface area contributed by atoms with Crippen molar-refractivity contribution in [1.82, 2.24) is 0 Å². The summed E-state index contributed by atoms with van der Waals surface area (Å²) in [4.78, 5) is 45.9. The summed E-state index contributed by atoms with van der Waals surface area (Å²) >= 11 is 0. The first-order valence-electron chi connectivity index (χ1n) is 8.43. The van der Waals surface area contributed by atoms with Crippen molar-refractivity contribution in [2.45, 2.75) is 85.0 Å². The number of carbonyl (C=O) groups is 4. The fraction of sp³-hybridized carbons (Fsp3) is 0.778. The van der Waals surface area contributed by atoms with Crippen molar-refractivity contribution in [3.05, 3.63) is 0 Å². The molecule has 0 saturated heterocycles. The fourth-order valence-electron chi connectivity index (χ4n) is 2.39. The number of carbonyl (C=O) groups excluding carboxylic acids is 4.